The van der Waals surface area contributed by atoms with Gasteiger partial charge in [0, 0.05) is 18.4 Å². The van der Waals surface area contributed by atoms with Gasteiger partial charge in [0.05, 0.1) is 12.1 Å². The Morgan fingerprint density at radius 3 is 2.75 bits per heavy atom. The van der Waals surface area contributed by atoms with Gasteiger partial charge in [0.25, 0.3) is 0 Å². The van der Waals surface area contributed by atoms with Crippen molar-refractivity contribution in [3.63, 3.8) is 0 Å². The van der Waals surface area contributed by atoms with Crippen molar-refractivity contribution >= 4 is 0 Å². The summed E-state index contributed by atoms with van der Waals surface area (Å²) < 4.78 is 0. The molecule has 2 rings (SSSR count). The quantitative estimate of drug-likeness (QED) is 0.452. The summed E-state index contributed by atoms with van der Waals surface area (Å²) in [5, 5.41) is 21.8. The molecular weight excluding hydrogens is 156 g/mol. The fourth-order valence-corrected chi connectivity index (χ4v) is 1.54. The van der Waals surface area contributed by atoms with Crippen LogP contribution in [0.2, 0.25) is 0 Å². The van der Waals surface area contributed by atoms with Crippen LogP contribution in [-0.2, 0) is 0 Å². The van der Waals surface area contributed by atoms with Crippen molar-refractivity contribution in [3.05, 3.63) is 24.0 Å². The number of hydrogen-bond donors (Lipinski definition) is 4. The SMILES string of the molecule is O[C@@H]1[C@H](O)CN[C@@H]1c1ccc[nH]1. The number of aliphatic hydroxyl groups excluding tert-OH is 2. The maximum absolute atomic E-state index is 9.50. The number of nitrogens with one attached hydrogen (secondary N) is 2. The van der Waals surface area contributed by atoms with Gasteiger partial charge in [0.2, 0.25) is 0 Å². The highest BCUT2D eigenvalue weighted by atomic mass is 16.3. The van der Waals surface area contributed by atoms with Crippen molar-refractivity contribution in [3.8, 4) is 0 Å². The average Bonchev–Trinajstić information content (AvgIpc) is 2.64. The first-order valence-corrected chi connectivity index (χ1v) is 4.02. The molecule has 4 nitrogen and oxygen atoms in total. The summed E-state index contributed by atoms with van der Waals surface area (Å²) in [5.41, 5.74) is 0.916. The zero-order chi connectivity index (χ0) is 8.55. The van der Waals surface area contributed by atoms with Crippen LogP contribution in [0.1, 0.15) is 11.7 Å². The molecule has 0 aromatic carbocycles. The minimum absolute atomic E-state index is 0.157. The Bertz CT molecular complexity index is 248. The summed E-state index contributed by atoms with van der Waals surface area (Å²) in [5.74, 6) is 0. The van der Waals surface area contributed by atoms with E-state index in [2.05, 4.69) is 10.3 Å². The van der Waals surface area contributed by atoms with E-state index in [9.17, 15) is 10.2 Å². The maximum atomic E-state index is 9.50. The van der Waals surface area contributed by atoms with Gasteiger partial charge >= 0.3 is 0 Å². The Balaban J connectivity index is 2.16. The molecular formula is C8H12N2O2. The summed E-state index contributed by atoms with van der Waals surface area (Å²) in [6.45, 7) is 0.449. The van der Waals surface area contributed by atoms with Gasteiger partial charge in [-0.3, -0.25) is 0 Å². The fourth-order valence-electron chi connectivity index (χ4n) is 1.54. The smallest absolute Gasteiger partial charge is 0.102 e. The molecule has 1 saturated heterocycles. The normalized spacial score (nSPS) is 35.7. The lowest BCUT2D eigenvalue weighted by Crippen LogP contribution is -2.25. The zero-order valence-electron chi connectivity index (χ0n) is 6.57. The van der Waals surface area contributed by atoms with E-state index >= 15 is 0 Å². The van der Waals surface area contributed by atoms with Gasteiger partial charge in [0.15, 0.2) is 0 Å². The predicted octanol–water partition coefficient (Wildman–Crippen LogP) is -0.619. The van der Waals surface area contributed by atoms with E-state index in [0.29, 0.717) is 6.54 Å². The van der Waals surface area contributed by atoms with Gasteiger partial charge in [-0.1, -0.05) is 0 Å². The van der Waals surface area contributed by atoms with Crippen LogP contribution in [0.4, 0.5) is 0 Å². The molecule has 0 amide bonds. The van der Waals surface area contributed by atoms with E-state index in [0.717, 1.165) is 5.69 Å². The van der Waals surface area contributed by atoms with E-state index in [1.807, 2.05) is 12.1 Å². The number of aliphatic hydroxyl groups is 2. The molecule has 1 aromatic rings. The highest BCUT2D eigenvalue weighted by Crippen LogP contribution is 2.22. The molecule has 0 bridgehead atoms. The van der Waals surface area contributed by atoms with E-state index in [1.165, 1.54) is 0 Å². The van der Waals surface area contributed by atoms with Gasteiger partial charge in [0.1, 0.15) is 6.10 Å². The van der Waals surface area contributed by atoms with Crippen molar-refractivity contribution in [1.82, 2.24) is 10.3 Å². The van der Waals surface area contributed by atoms with Crippen molar-refractivity contribution < 1.29 is 10.2 Å². The standard InChI is InChI=1S/C8H12N2O2/c11-6-4-10-7(8(6)12)5-2-1-3-9-5/h1-3,6-12H,4H2/t6-,7-,8-/m1/s1. The first-order chi connectivity index (χ1) is 5.79. The summed E-state index contributed by atoms with van der Waals surface area (Å²) >= 11 is 0. The maximum Gasteiger partial charge on any atom is 0.102 e. The average molecular weight is 168 g/mol. The summed E-state index contributed by atoms with van der Waals surface area (Å²) in [4.78, 5) is 3.00. The molecule has 4 heteroatoms. The topological polar surface area (TPSA) is 68.3 Å². The van der Waals surface area contributed by atoms with E-state index < -0.39 is 12.2 Å². The van der Waals surface area contributed by atoms with E-state index in [4.69, 9.17) is 0 Å². The van der Waals surface area contributed by atoms with Crippen molar-refractivity contribution in [2.45, 2.75) is 18.2 Å². The lowest BCUT2D eigenvalue weighted by molar-refractivity contribution is 0.0399. The number of hydrogen-bond acceptors (Lipinski definition) is 3. The minimum Gasteiger partial charge on any atom is -0.389 e. The largest absolute Gasteiger partial charge is 0.389 e. The molecule has 0 unspecified atom stereocenters. The molecule has 0 radical (unpaired) electrons. The van der Waals surface area contributed by atoms with Crippen molar-refractivity contribution in [2.24, 2.45) is 0 Å². The van der Waals surface area contributed by atoms with Crippen LogP contribution in [0.25, 0.3) is 0 Å². The molecule has 4 N–H and O–H groups in total. The molecule has 2 heterocycles. The van der Waals surface area contributed by atoms with Gasteiger partial charge in [-0.2, -0.15) is 0 Å². The fraction of sp³-hybridized carbons (Fsp3) is 0.500. The first kappa shape index (κ1) is 7.79. The van der Waals surface area contributed by atoms with Gasteiger partial charge < -0.3 is 20.5 Å². The molecule has 1 aromatic heterocycles. The van der Waals surface area contributed by atoms with Crippen LogP contribution in [0.3, 0.4) is 0 Å². The van der Waals surface area contributed by atoms with Crippen LogP contribution in [0.15, 0.2) is 18.3 Å². The Morgan fingerprint density at radius 2 is 2.25 bits per heavy atom. The molecule has 0 spiro atoms. The Labute approximate surface area is 70.2 Å². The molecule has 0 aliphatic carbocycles. The zero-order valence-corrected chi connectivity index (χ0v) is 6.57. The molecule has 1 aliphatic heterocycles. The second kappa shape index (κ2) is 2.90. The van der Waals surface area contributed by atoms with Gasteiger partial charge in [-0.15, -0.1) is 0 Å². The van der Waals surface area contributed by atoms with E-state index in [-0.39, 0.29) is 6.04 Å². The van der Waals surface area contributed by atoms with Crippen LogP contribution in [0.5, 0.6) is 0 Å². The molecule has 66 valence electrons. The third-order valence-electron chi connectivity index (χ3n) is 2.24. The lowest BCUT2D eigenvalue weighted by Gasteiger charge is -2.13. The number of β-amino-alcohol motifs (C(OH)–C–C–N with tert-alkyl or cyclic N) is 1. The van der Waals surface area contributed by atoms with E-state index in [1.54, 1.807) is 6.20 Å². The first-order valence-electron chi connectivity index (χ1n) is 4.02. The number of rotatable bonds is 1. The minimum atomic E-state index is -0.705. The summed E-state index contributed by atoms with van der Waals surface area (Å²) in [7, 11) is 0. The second-order valence-corrected chi connectivity index (χ2v) is 3.07. The third kappa shape index (κ3) is 1.14. The van der Waals surface area contributed by atoms with Crippen LogP contribution < -0.4 is 5.32 Å². The highest BCUT2D eigenvalue weighted by Gasteiger charge is 2.34. The molecule has 12 heavy (non-hydrogen) atoms. The lowest BCUT2D eigenvalue weighted by atomic mass is 10.1. The van der Waals surface area contributed by atoms with Crippen LogP contribution in [0, 0.1) is 0 Å². The molecule has 3 atom stereocenters. The number of aromatic nitrogens is 1. The predicted molar refractivity (Wildman–Crippen MR) is 43.6 cm³/mol. The monoisotopic (exact) mass is 168 g/mol. The Kier molecular flexibility index (Phi) is 1.88. The van der Waals surface area contributed by atoms with Crippen molar-refractivity contribution in [1.29, 1.82) is 0 Å². The van der Waals surface area contributed by atoms with Gasteiger partial charge in [-0.05, 0) is 12.1 Å². The number of aromatic amines is 1. The summed E-state index contributed by atoms with van der Waals surface area (Å²) in [6, 6.07) is 3.60. The highest BCUT2D eigenvalue weighted by molar-refractivity contribution is 5.13. The van der Waals surface area contributed by atoms with Gasteiger partial charge in [-0.25, -0.2) is 0 Å². The summed E-state index contributed by atoms with van der Waals surface area (Å²) in [6.07, 6.45) is 0.441. The number of H-pyrrole nitrogens is 1. The second-order valence-electron chi connectivity index (χ2n) is 3.07. The molecule has 1 fully saturated rings. The Morgan fingerprint density at radius 1 is 1.42 bits per heavy atom. The van der Waals surface area contributed by atoms with Crippen molar-refractivity contribution in [2.75, 3.05) is 6.54 Å². The molecule has 1 aliphatic rings. The third-order valence-corrected chi connectivity index (χ3v) is 2.24. The van der Waals surface area contributed by atoms with Crippen LogP contribution in [-0.4, -0.2) is 33.9 Å². The Hall–Kier alpha value is -0.840. The van der Waals surface area contributed by atoms with Crippen LogP contribution >= 0.6 is 0 Å². The molecule has 0 saturated carbocycles.